The normalized spacial score (nSPS) is 2.64. The van der Waals surface area contributed by atoms with Crippen LogP contribution in [0, 0.1) is 0 Å². The molecule has 12 radical (unpaired) electrons. The summed E-state index contributed by atoms with van der Waals surface area (Å²) in [6, 6.07) is 0. The topological polar surface area (TPSA) is 424 Å². The van der Waals surface area contributed by atoms with Crippen molar-refractivity contribution in [3.05, 3.63) is 0 Å². The van der Waals surface area contributed by atoms with Gasteiger partial charge >= 0.3 is 46.1 Å². The predicted molar refractivity (Wildman–Crippen MR) is 81.4 cm³/mol. The first-order valence-corrected chi connectivity index (χ1v) is 2.00. The van der Waals surface area contributed by atoms with Crippen molar-refractivity contribution in [2.45, 2.75) is 0 Å². The van der Waals surface area contributed by atoms with Crippen LogP contribution in [0.25, 0.3) is 0 Å². The van der Waals surface area contributed by atoms with E-state index in [9.17, 15) is 0 Å². The summed E-state index contributed by atoms with van der Waals surface area (Å²) < 4.78 is 34.1. The average molecular weight is 449 g/mol. The molecule has 0 aliphatic rings. The molecule has 0 spiro atoms. The molecule has 0 atom stereocenters. The molecular weight excluding hydrogens is 429 g/mol. The van der Waals surface area contributed by atoms with E-state index in [0.717, 1.165) is 0 Å². The van der Waals surface area contributed by atoms with E-state index in [0.29, 0.717) is 0 Å². The Morgan fingerprint density at radius 3 is 0.455 bits per heavy atom. The summed E-state index contributed by atoms with van der Waals surface area (Å²) >= 11 is 0. The first kappa shape index (κ1) is 290. The van der Waals surface area contributed by atoms with Crippen LogP contribution in [-0.2, 0) is 10.4 Å². The molecule has 0 unspecified atom stereocenters. The van der Waals surface area contributed by atoms with Gasteiger partial charge in [0.1, 0.15) is 0 Å². The predicted octanol–water partition coefficient (Wildman–Crippen LogP) is -11.4. The Morgan fingerprint density at radius 1 is 0.455 bits per heavy atom. The van der Waals surface area contributed by atoms with Gasteiger partial charge in [0.15, 0.2) is 0 Å². The third-order valence-corrected chi connectivity index (χ3v) is 0. The van der Waals surface area contributed by atoms with E-state index < -0.39 is 10.4 Å². The zero-order valence-electron chi connectivity index (χ0n) is 11.2. The van der Waals surface area contributed by atoms with Crippen molar-refractivity contribution < 1.29 is 77.8 Å². The van der Waals surface area contributed by atoms with Gasteiger partial charge in [-0.15, -0.1) is 0 Å². The summed E-state index contributed by atoms with van der Waals surface area (Å²) in [5, 5.41) is 0. The van der Waals surface area contributed by atoms with Gasteiger partial charge in [0.05, 0.1) is 0 Å². The van der Waals surface area contributed by atoms with Gasteiger partial charge in [-0.25, -0.2) is 0 Å². The maximum atomic E-state index is 8.52. The van der Waals surface area contributed by atoms with Crippen molar-refractivity contribution in [1.82, 2.24) is 0 Å². The van der Waals surface area contributed by atoms with Crippen LogP contribution in [0.5, 0.6) is 0 Å². The molecule has 15 nitrogen and oxygen atoms in total. The van der Waals surface area contributed by atoms with Gasteiger partial charge in [0.2, 0.25) is 0 Å². The van der Waals surface area contributed by atoms with Crippen molar-refractivity contribution >= 4 is 126 Å². The Hall–Kier alpha value is 3.09. The molecule has 0 fully saturated rings. The monoisotopic (exact) mass is 448 g/mol. The van der Waals surface area contributed by atoms with Gasteiger partial charge in [-0.05, 0) is 0 Å². The third-order valence-electron chi connectivity index (χ3n) is 0. The van der Waals surface area contributed by atoms with E-state index >= 15 is 0 Å². The molecule has 132 valence electrons. The van der Waals surface area contributed by atoms with Crippen LogP contribution in [0.4, 0.5) is 0 Å². The Morgan fingerprint density at radius 2 is 0.455 bits per heavy atom. The van der Waals surface area contributed by atoms with Crippen LogP contribution in [0.3, 0.4) is 0 Å². The maximum Gasteiger partial charge on any atom is 2.00 e. The second-order valence-electron chi connectivity index (χ2n) is 0.408. The van der Waals surface area contributed by atoms with E-state index in [1.807, 2.05) is 0 Å². The third kappa shape index (κ3) is 1180. The summed E-state index contributed by atoms with van der Waals surface area (Å²) in [7, 11) is -5.17. The van der Waals surface area contributed by atoms with Gasteiger partial charge in [0.25, 0.3) is 0 Å². The number of hydrogen-bond acceptors (Lipinski definition) is 6. The van der Waals surface area contributed by atoms with Gasteiger partial charge in [0, 0.05) is 79.8 Å². The minimum atomic E-state index is -5.17. The molecule has 0 rings (SSSR count). The van der Waals surface area contributed by atoms with Crippen LogP contribution in [0.1, 0.15) is 0 Å². The van der Waals surface area contributed by atoms with Crippen LogP contribution >= 0.6 is 0 Å². The van der Waals surface area contributed by atoms with E-state index in [4.69, 9.17) is 17.5 Å². The quantitative estimate of drug-likeness (QED) is 0.196. The molecule has 0 aliphatic carbocycles. The second-order valence-corrected chi connectivity index (χ2v) is 1.22. The standard InChI is InChI=1S/4Al.2Mg.H2O4S.11H2O/c;;;;;;1-5(2,3)4;;;;;;;;;;;/h;;;;;;(H2,1,2,3,4);11*1H2/q;;;;2*+2;;;;;;;;;;;;/p-4. The first-order valence-electron chi connectivity index (χ1n) is 0.667. The molecule has 0 heterocycles. The zero-order chi connectivity index (χ0) is 4.50. The molecule has 0 aromatic rings. The minimum Gasteiger partial charge on any atom is -0.870 e. The zero-order valence-corrected chi connectivity index (χ0v) is 19.4. The molecule has 0 saturated carbocycles. The molecule has 0 amide bonds. The molecule has 22 heavy (non-hydrogen) atoms. The Kier molecular flexibility index (Phi) is 2050. The average Bonchev–Trinajstić information content (AvgIpc) is 0.722. The van der Waals surface area contributed by atoms with Crippen molar-refractivity contribution in [2.24, 2.45) is 0 Å². The van der Waals surface area contributed by atoms with E-state index in [-0.39, 0.29) is 176 Å². The smallest absolute Gasteiger partial charge is 0.870 e. The Labute approximate surface area is 201 Å². The van der Waals surface area contributed by atoms with E-state index in [2.05, 4.69) is 0 Å². The van der Waals surface area contributed by atoms with Crippen molar-refractivity contribution in [3.8, 4) is 0 Å². The van der Waals surface area contributed by atoms with E-state index in [1.54, 1.807) is 0 Å². The first-order chi connectivity index (χ1) is 2.00. The number of hydrogen-bond donors (Lipinski definition) is 0. The van der Waals surface area contributed by atoms with Crippen molar-refractivity contribution in [3.63, 3.8) is 0 Å². The summed E-state index contributed by atoms with van der Waals surface area (Å²) in [6.07, 6.45) is 0. The second kappa shape index (κ2) is 155. The summed E-state index contributed by atoms with van der Waals surface area (Å²) in [6.45, 7) is 0. The molecular formula is H20Al4Mg2O15S. The molecule has 0 saturated heterocycles. The summed E-state index contributed by atoms with van der Waals surface area (Å²) in [5.74, 6) is 0. The van der Waals surface area contributed by atoms with Gasteiger partial charge in [-0.1, -0.05) is 0 Å². The van der Waals surface area contributed by atoms with Gasteiger partial charge in [-0.3, -0.25) is 8.42 Å². The SMILES string of the molecule is O.O.O.O.O.O.O.O.O.O=S(=O)([O-])[O-].[Al].[Al].[Al].[Al].[Mg+2].[Mg+2].[OH-].[OH-]. The van der Waals surface area contributed by atoms with Crippen LogP contribution in [-0.4, -0.2) is 193 Å². The van der Waals surface area contributed by atoms with Crippen LogP contribution in [0.15, 0.2) is 0 Å². The molecule has 22 heteroatoms. The minimum absolute atomic E-state index is 0. The van der Waals surface area contributed by atoms with Crippen molar-refractivity contribution in [1.29, 1.82) is 0 Å². The fraction of sp³-hybridized carbons (Fsp3) is 0. The van der Waals surface area contributed by atoms with Crippen LogP contribution < -0.4 is 0 Å². The van der Waals surface area contributed by atoms with Gasteiger partial charge < -0.3 is 69.3 Å². The van der Waals surface area contributed by atoms with Gasteiger partial charge in [-0.2, -0.15) is 0 Å². The molecule has 0 aromatic carbocycles. The maximum absolute atomic E-state index is 8.52. The molecule has 0 aromatic heterocycles. The molecule has 0 bridgehead atoms. The number of rotatable bonds is 0. The fourth-order valence-electron chi connectivity index (χ4n) is 0. The molecule has 20 N–H and O–H groups in total. The Bertz CT molecular complexity index is 113. The fourth-order valence-corrected chi connectivity index (χ4v) is 0. The van der Waals surface area contributed by atoms with E-state index in [1.165, 1.54) is 0 Å². The summed E-state index contributed by atoms with van der Waals surface area (Å²) in [5.41, 5.74) is 0. The van der Waals surface area contributed by atoms with Crippen molar-refractivity contribution in [2.75, 3.05) is 0 Å². The largest absolute Gasteiger partial charge is 2.00 e. The summed E-state index contributed by atoms with van der Waals surface area (Å²) in [4.78, 5) is 0. The van der Waals surface area contributed by atoms with Crippen LogP contribution in [0.2, 0.25) is 0 Å². The molecule has 0 aliphatic heterocycles. The Balaban J connectivity index is -0.000000000588.